The highest BCUT2D eigenvalue weighted by molar-refractivity contribution is 6.32. The number of nitriles is 1. The zero-order valence-electron chi connectivity index (χ0n) is 17.3. The molecule has 0 amide bonds. The van der Waals surface area contributed by atoms with Crippen LogP contribution >= 0.6 is 11.6 Å². The van der Waals surface area contributed by atoms with E-state index in [9.17, 15) is 0 Å². The van der Waals surface area contributed by atoms with Gasteiger partial charge in [-0.1, -0.05) is 48.0 Å². The van der Waals surface area contributed by atoms with Crippen molar-refractivity contribution in [2.24, 2.45) is 0 Å². The van der Waals surface area contributed by atoms with Crippen molar-refractivity contribution in [3.05, 3.63) is 100 Å². The molecular weight excluding hydrogens is 408 g/mol. The lowest BCUT2D eigenvalue weighted by Gasteiger charge is -2.08. The average Bonchev–Trinajstić information content (AvgIpc) is 3.06. The number of nitrogens with zero attached hydrogens (tertiary/aromatic N) is 4. The molecule has 0 spiro atoms. The van der Waals surface area contributed by atoms with Crippen LogP contribution in [-0.4, -0.2) is 14.8 Å². The van der Waals surface area contributed by atoms with Gasteiger partial charge < -0.3 is 4.74 Å². The predicted octanol–water partition coefficient (Wildman–Crippen LogP) is 5.71. The van der Waals surface area contributed by atoms with Crippen LogP contribution in [0.2, 0.25) is 5.02 Å². The molecule has 0 bridgehead atoms. The molecule has 154 valence electrons. The third-order valence-corrected chi connectivity index (χ3v) is 5.43. The van der Waals surface area contributed by atoms with Crippen LogP contribution in [0.5, 0.6) is 5.75 Å². The van der Waals surface area contributed by atoms with Crippen LogP contribution in [0.4, 0.5) is 0 Å². The van der Waals surface area contributed by atoms with Crippen LogP contribution in [0.1, 0.15) is 28.2 Å². The summed E-state index contributed by atoms with van der Waals surface area (Å²) < 4.78 is 7.75. The lowest BCUT2D eigenvalue weighted by Crippen LogP contribution is -2.06. The summed E-state index contributed by atoms with van der Waals surface area (Å²) in [6.45, 7) is 5.06. The highest BCUT2D eigenvalue weighted by Crippen LogP contribution is 2.30. The van der Waals surface area contributed by atoms with E-state index in [0.29, 0.717) is 23.7 Å². The second-order valence-electron chi connectivity index (χ2n) is 7.27. The van der Waals surface area contributed by atoms with Gasteiger partial charge in [0.1, 0.15) is 18.4 Å². The number of hydrogen-bond donors (Lipinski definition) is 0. The Morgan fingerprint density at radius 3 is 2.55 bits per heavy atom. The van der Waals surface area contributed by atoms with Crippen LogP contribution in [-0.2, 0) is 13.2 Å². The van der Waals surface area contributed by atoms with Gasteiger partial charge in [0.05, 0.1) is 34.7 Å². The van der Waals surface area contributed by atoms with Crippen molar-refractivity contribution in [2.45, 2.75) is 27.0 Å². The predicted molar refractivity (Wildman–Crippen MR) is 121 cm³/mol. The summed E-state index contributed by atoms with van der Waals surface area (Å²) >= 11 is 6.23. The SMILES string of the molecule is Cc1nn(Cc2ccc(OCc3ccccc3)cn2)c(C)c1-c1ccc(C#N)c(Cl)c1. The van der Waals surface area contributed by atoms with Crippen molar-refractivity contribution in [1.82, 2.24) is 14.8 Å². The summed E-state index contributed by atoms with van der Waals surface area (Å²) in [5, 5.41) is 14.2. The highest BCUT2D eigenvalue weighted by atomic mass is 35.5. The molecule has 0 saturated heterocycles. The van der Waals surface area contributed by atoms with E-state index >= 15 is 0 Å². The Morgan fingerprint density at radius 1 is 1.06 bits per heavy atom. The van der Waals surface area contributed by atoms with Gasteiger partial charge in [-0.15, -0.1) is 0 Å². The highest BCUT2D eigenvalue weighted by Gasteiger charge is 2.15. The molecule has 2 heterocycles. The maximum atomic E-state index is 9.10. The van der Waals surface area contributed by atoms with Crippen molar-refractivity contribution in [3.63, 3.8) is 0 Å². The van der Waals surface area contributed by atoms with Gasteiger partial charge in [0.25, 0.3) is 0 Å². The number of aryl methyl sites for hydroxylation is 1. The van der Waals surface area contributed by atoms with Crippen molar-refractivity contribution >= 4 is 11.6 Å². The van der Waals surface area contributed by atoms with Crippen molar-refractivity contribution in [3.8, 4) is 22.9 Å². The molecule has 0 fully saturated rings. The lowest BCUT2D eigenvalue weighted by molar-refractivity contribution is 0.304. The molecule has 0 atom stereocenters. The zero-order valence-corrected chi connectivity index (χ0v) is 18.1. The number of aromatic nitrogens is 3. The molecule has 0 unspecified atom stereocenters. The molecule has 0 N–H and O–H groups in total. The van der Waals surface area contributed by atoms with Gasteiger partial charge in [-0.05, 0) is 49.2 Å². The number of rotatable bonds is 6. The smallest absolute Gasteiger partial charge is 0.138 e. The first kappa shape index (κ1) is 20.6. The molecule has 31 heavy (non-hydrogen) atoms. The lowest BCUT2D eigenvalue weighted by atomic mass is 10.0. The van der Waals surface area contributed by atoms with E-state index in [1.165, 1.54) is 0 Å². The number of hydrogen-bond acceptors (Lipinski definition) is 4. The molecule has 0 radical (unpaired) electrons. The Labute approximate surface area is 186 Å². The minimum atomic E-state index is 0.444. The number of halogens is 1. The molecule has 4 aromatic rings. The average molecular weight is 429 g/mol. The largest absolute Gasteiger partial charge is 0.487 e. The quantitative estimate of drug-likeness (QED) is 0.394. The number of pyridine rings is 1. The standard InChI is InChI=1S/C25H21ClN4O/c1-17-25(20-8-9-21(13-27)24(26)12-20)18(2)30(29-17)15-22-10-11-23(14-28-22)31-16-19-6-4-3-5-7-19/h3-12,14H,15-16H2,1-2H3. The van der Waals surface area contributed by atoms with E-state index in [-0.39, 0.29) is 0 Å². The van der Waals surface area contributed by atoms with Gasteiger partial charge in [0, 0.05) is 11.3 Å². The van der Waals surface area contributed by atoms with Gasteiger partial charge in [-0.3, -0.25) is 9.67 Å². The van der Waals surface area contributed by atoms with Crippen LogP contribution in [0.15, 0.2) is 66.9 Å². The second kappa shape index (κ2) is 9.03. The first-order valence-electron chi connectivity index (χ1n) is 9.91. The summed E-state index contributed by atoms with van der Waals surface area (Å²) in [6.07, 6.45) is 1.74. The summed E-state index contributed by atoms with van der Waals surface area (Å²) in [5.41, 5.74) is 6.36. The van der Waals surface area contributed by atoms with Gasteiger partial charge in [0.2, 0.25) is 0 Å². The Bertz CT molecular complexity index is 1240. The first-order valence-corrected chi connectivity index (χ1v) is 10.3. The molecule has 2 aromatic heterocycles. The molecule has 4 rings (SSSR count). The molecule has 6 heteroatoms. The molecule has 0 aliphatic rings. The van der Waals surface area contributed by atoms with Crippen LogP contribution < -0.4 is 4.74 Å². The van der Waals surface area contributed by atoms with Crippen LogP contribution in [0, 0.1) is 25.2 Å². The fourth-order valence-corrected chi connectivity index (χ4v) is 3.74. The Balaban J connectivity index is 1.49. The van der Waals surface area contributed by atoms with E-state index in [4.69, 9.17) is 21.6 Å². The summed E-state index contributed by atoms with van der Waals surface area (Å²) in [5.74, 6) is 0.730. The molecule has 5 nitrogen and oxygen atoms in total. The first-order chi connectivity index (χ1) is 15.0. The van der Waals surface area contributed by atoms with Gasteiger partial charge in [0.15, 0.2) is 0 Å². The maximum absolute atomic E-state index is 9.10. The number of benzene rings is 2. The normalized spacial score (nSPS) is 10.6. The topological polar surface area (TPSA) is 63.7 Å². The molecule has 2 aromatic carbocycles. The summed E-state index contributed by atoms with van der Waals surface area (Å²) in [7, 11) is 0. The summed E-state index contributed by atoms with van der Waals surface area (Å²) in [4.78, 5) is 4.53. The van der Waals surface area contributed by atoms with E-state index in [2.05, 4.69) is 16.2 Å². The van der Waals surface area contributed by atoms with Gasteiger partial charge >= 0.3 is 0 Å². The van der Waals surface area contributed by atoms with E-state index in [1.807, 2.05) is 73.1 Å². The zero-order chi connectivity index (χ0) is 21.8. The van der Waals surface area contributed by atoms with Crippen LogP contribution in [0.3, 0.4) is 0 Å². The second-order valence-corrected chi connectivity index (χ2v) is 7.68. The van der Waals surface area contributed by atoms with E-state index in [0.717, 1.165) is 39.5 Å². The molecule has 0 aliphatic carbocycles. The third-order valence-electron chi connectivity index (χ3n) is 5.12. The Morgan fingerprint density at radius 2 is 1.87 bits per heavy atom. The number of ether oxygens (including phenoxy) is 1. The van der Waals surface area contributed by atoms with Crippen molar-refractivity contribution < 1.29 is 4.74 Å². The monoisotopic (exact) mass is 428 g/mol. The third kappa shape index (κ3) is 4.60. The molecule has 0 aliphatic heterocycles. The fraction of sp³-hybridized carbons (Fsp3) is 0.160. The van der Waals surface area contributed by atoms with Gasteiger partial charge in [-0.25, -0.2) is 0 Å². The fourth-order valence-electron chi connectivity index (χ4n) is 3.51. The Hall–Kier alpha value is -3.62. The van der Waals surface area contributed by atoms with E-state index in [1.54, 1.807) is 12.3 Å². The van der Waals surface area contributed by atoms with E-state index < -0.39 is 0 Å². The summed E-state index contributed by atoms with van der Waals surface area (Å²) in [6, 6.07) is 21.5. The molecule has 0 saturated carbocycles. The van der Waals surface area contributed by atoms with Gasteiger partial charge in [-0.2, -0.15) is 10.4 Å². The minimum Gasteiger partial charge on any atom is -0.487 e. The Kier molecular flexibility index (Phi) is 6.01. The van der Waals surface area contributed by atoms with Crippen molar-refractivity contribution in [1.29, 1.82) is 5.26 Å². The maximum Gasteiger partial charge on any atom is 0.138 e. The molecular formula is C25H21ClN4O. The van der Waals surface area contributed by atoms with Crippen molar-refractivity contribution in [2.75, 3.05) is 0 Å². The minimum absolute atomic E-state index is 0.444. The van der Waals surface area contributed by atoms with Crippen LogP contribution in [0.25, 0.3) is 11.1 Å².